The number of rotatable bonds is 3. The molecule has 0 spiro atoms. The van der Waals surface area contributed by atoms with Crippen molar-refractivity contribution in [2.24, 2.45) is 0 Å². The number of carbonyl (C=O) groups is 2. The van der Waals surface area contributed by atoms with E-state index in [1.165, 1.54) is 25.7 Å². The molecular formula is C17H30N2O2. The van der Waals surface area contributed by atoms with Gasteiger partial charge in [0.2, 0.25) is 11.8 Å². The molecule has 0 aromatic rings. The molecule has 1 saturated carbocycles. The van der Waals surface area contributed by atoms with Gasteiger partial charge in [0.1, 0.15) is 11.1 Å². The van der Waals surface area contributed by atoms with Crippen LogP contribution in [0.1, 0.15) is 79.1 Å². The van der Waals surface area contributed by atoms with Crippen molar-refractivity contribution in [2.45, 2.75) is 96.2 Å². The Morgan fingerprint density at radius 2 is 1.62 bits per heavy atom. The van der Waals surface area contributed by atoms with Crippen LogP contribution in [0.2, 0.25) is 0 Å². The first-order valence-electron chi connectivity index (χ1n) is 8.55. The minimum Gasteiger partial charge on any atom is -0.340 e. The lowest BCUT2D eigenvalue weighted by atomic mass is 9.82. The third-order valence-corrected chi connectivity index (χ3v) is 5.69. The molecule has 1 saturated heterocycles. The Balaban J connectivity index is 2.38. The topological polar surface area (TPSA) is 49.4 Å². The maximum Gasteiger partial charge on any atom is 0.249 e. The second-order valence-corrected chi connectivity index (χ2v) is 7.09. The summed E-state index contributed by atoms with van der Waals surface area (Å²) in [5.74, 6) is 0.124. The molecule has 2 atom stereocenters. The Morgan fingerprint density at radius 1 is 1.05 bits per heavy atom. The van der Waals surface area contributed by atoms with Crippen molar-refractivity contribution >= 4 is 11.8 Å². The quantitative estimate of drug-likeness (QED) is 0.813. The fourth-order valence-corrected chi connectivity index (χ4v) is 3.69. The predicted octanol–water partition coefficient (Wildman–Crippen LogP) is 3.01. The molecule has 1 aliphatic carbocycles. The van der Waals surface area contributed by atoms with Gasteiger partial charge in [-0.15, -0.1) is 0 Å². The zero-order valence-electron chi connectivity index (χ0n) is 14.0. The van der Waals surface area contributed by atoms with Crippen molar-refractivity contribution in [1.29, 1.82) is 0 Å². The number of nitrogens with one attached hydrogen (secondary N) is 1. The Morgan fingerprint density at radius 3 is 2.10 bits per heavy atom. The molecular weight excluding hydrogens is 264 g/mol. The van der Waals surface area contributed by atoms with Crippen LogP contribution in [-0.4, -0.2) is 33.8 Å². The molecule has 2 aliphatic rings. The van der Waals surface area contributed by atoms with Gasteiger partial charge in [0.15, 0.2) is 0 Å². The van der Waals surface area contributed by atoms with Gasteiger partial charge in [-0.1, -0.05) is 39.5 Å². The Hall–Kier alpha value is -1.06. The van der Waals surface area contributed by atoms with Gasteiger partial charge < -0.3 is 10.2 Å². The van der Waals surface area contributed by atoms with E-state index in [1.807, 2.05) is 32.6 Å². The second-order valence-electron chi connectivity index (χ2n) is 7.09. The van der Waals surface area contributed by atoms with Gasteiger partial charge in [-0.2, -0.15) is 0 Å². The van der Waals surface area contributed by atoms with Crippen molar-refractivity contribution < 1.29 is 9.59 Å². The van der Waals surface area contributed by atoms with E-state index in [9.17, 15) is 9.59 Å². The van der Waals surface area contributed by atoms with Crippen LogP contribution >= 0.6 is 0 Å². The summed E-state index contributed by atoms with van der Waals surface area (Å²) in [5.41, 5.74) is -1.43. The summed E-state index contributed by atoms with van der Waals surface area (Å²) in [6.45, 7) is 7.77. The molecule has 0 radical (unpaired) electrons. The Bertz CT molecular complexity index is 415. The molecule has 0 aromatic carbocycles. The van der Waals surface area contributed by atoms with Gasteiger partial charge in [-0.3, -0.25) is 9.59 Å². The molecule has 21 heavy (non-hydrogen) atoms. The minimum atomic E-state index is -0.738. The zero-order valence-corrected chi connectivity index (χ0v) is 14.0. The summed E-state index contributed by atoms with van der Waals surface area (Å²) in [5, 5.41) is 2.99. The van der Waals surface area contributed by atoms with Crippen LogP contribution in [0.3, 0.4) is 0 Å². The molecule has 1 heterocycles. The van der Waals surface area contributed by atoms with E-state index in [-0.39, 0.29) is 17.9 Å². The highest BCUT2D eigenvalue weighted by Gasteiger charge is 2.54. The van der Waals surface area contributed by atoms with Crippen LogP contribution in [-0.2, 0) is 9.59 Å². The number of carbonyl (C=O) groups excluding carboxylic acids is 2. The first-order valence-corrected chi connectivity index (χ1v) is 8.55. The molecule has 0 aromatic heterocycles. The van der Waals surface area contributed by atoms with Crippen molar-refractivity contribution in [3.05, 3.63) is 0 Å². The predicted molar refractivity (Wildman–Crippen MR) is 83.9 cm³/mol. The van der Waals surface area contributed by atoms with Gasteiger partial charge in [0.25, 0.3) is 0 Å². The first kappa shape index (κ1) is 16.3. The van der Waals surface area contributed by atoms with E-state index in [2.05, 4.69) is 5.32 Å². The fourth-order valence-electron chi connectivity index (χ4n) is 3.69. The van der Waals surface area contributed by atoms with Crippen molar-refractivity contribution in [3.8, 4) is 0 Å². The average Bonchev–Trinajstić information content (AvgIpc) is 2.74. The monoisotopic (exact) mass is 294 g/mol. The lowest BCUT2D eigenvalue weighted by Gasteiger charge is -2.53. The Labute approximate surface area is 128 Å². The van der Waals surface area contributed by atoms with Crippen LogP contribution in [0, 0.1) is 0 Å². The van der Waals surface area contributed by atoms with Crippen LogP contribution in [0.5, 0.6) is 0 Å². The lowest BCUT2D eigenvalue weighted by molar-refractivity contribution is -0.166. The van der Waals surface area contributed by atoms with E-state index in [0.717, 1.165) is 12.8 Å². The summed E-state index contributed by atoms with van der Waals surface area (Å²) < 4.78 is 0. The maximum atomic E-state index is 13.1. The van der Waals surface area contributed by atoms with Crippen molar-refractivity contribution in [2.75, 3.05) is 0 Å². The zero-order chi connectivity index (χ0) is 15.7. The molecule has 120 valence electrons. The van der Waals surface area contributed by atoms with Gasteiger partial charge in [-0.05, 0) is 39.5 Å². The van der Waals surface area contributed by atoms with E-state index >= 15 is 0 Å². The van der Waals surface area contributed by atoms with Crippen LogP contribution in [0.15, 0.2) is 0 Å². The van der Waals surface area contributed by atoms with Crippen molar-refractivity contribution in [3.63, 3.8) is 0 Å². The summed E-state index contributed by atoms with van der Waals surface area (Å²) in [7, 11) is 0. The van der Waals surface area contributed by atoms with E-state index in [1.54, 1.807) is 0 Å². The number of piperazine rings is 1. The molecule has 1 N–H and O–H groups in total. The summed E-state index contributed by atoms with van der Waals surface area (Å²) in [6, 6.07) is 0.224. The van der Waals surface area contributed by atoms with Gasteiger partial charge >= 0.3 is 0 Å². The largest absolute Gasteiger partial charge is 0.340 e. The van der Waals surface area contributed by atoms with Gasteiger partial charge in [0, 0.05) is 6.04 Å². The van der Waals surface area contributed by atoms with E-state index < -0.39 is 11.1 Å². The van der Waals surface area contributed by atoms with E-state index in [4.69, 9.17) is 0 Å². The fraction of sp³-hybridized carbons (Fsp3) is 0.882. The summed E-state index contributed by atoms with van der Waals surface area (Å²) >= 11 is 0. The highest BCUT2D eigenvalue weighted by atomic mass is 16.2. The van der Waals surface area contributed by atoms with E-state index in [0.29, 0.717) is 12.8 Å². The minimum absolute atomic E-state index is 0.0122. The normalized spacial score (nSPS) is 35.5. The van der Waals surface area contributed by atoms with Gasteiger partial charge in [0.05, 0.1) is 0 Å². The molecule has 2 rings (SSSR count). The maximum absolute atomic E-state index is 13.1. The smallest absolute Gasteiger partial charge is 0.249 e. The number of amides is 2. The lowest BCUT2D eigenvalue weighted by Crippen LogP contribution is -2.75. The molecule has 1 aliphatic heterocycles. The third-order valence-electron chi connectivity index (χ3n) is 5.69. The van der Waals surface area contributed by atoms with Gasteiger partial charge in [-0.25, -0.2) is 0 Å². The average molecular weight is 294 g/mol. The number of nitrogens with zero attached hydrogens (tertiary/aromatic N) is 1. The standard InChI is InChI=1S/C17H30N2O2/c1-5-16(3)15(21)19(13-11-9-7-8-10-12-13)17(4,6-2)14(20)18-16/h13H,5-12H2,1-4H3,(H,18,20). The number of hydrogen-bond donors (Lipinski definition) is 1. The molecule has 4 heteroatoms. The molecule has 0 bridgehead atoms. The highest BCUT2D eigenvalue weighted by Crippen LogP contribution is 2.36. The van der Waals surface area contributed by atoms with Crippen LogP contribution < -0.4 is 5.32 Å². The highest BCUT2D eigenvalue weighted by molar-refractivity contribution is 6.02. The Kier molecular flexibility index (Phi) is 4.64. The molecule has 2 unspecified atom stereocenters. The first-order chi connectivity index (χ1) is 9.89. The molecule has 2 amide bonds. The second kappa shape index (κ2) is 5.98. The number of hydrogen-bond acceptors (Lipinski definition) is 2. The summed E-state index contributed by atoms with van der Waals surface area (Å²) in [6.07, 6.45) is 8.21. The third kappa shape index (κ3) is 2.69. The SMILES string of the molecule is CCC1(C)NC(=O)C(C)(CC)N(C2CCCCCC2)C1=O. The van der Waals surface area contributed by atoms with Crippen molar-refractivity contribution in [1.82, 2.24) is 10.2 Å². The van der Waals surface area contributed by atoms with Crippen LogP contribution in [0.25, 0.3) is 0 Å². The van der Waals surface area contributed by atoms with Crippen LogP contribution in [0.4, 0.5) is 0 Å². The summed E-state index contributed by atoms with van der Waals surface area (Å²) in [4.78, 5) is 27.8. The molecule has 2 fully saturated rings. The molecule has 4 nitrogen and oxygen atoms in total.